The first-order chi connectivity index (χ1) is 9.25. The van der Waals surface area contributed by atoms with Crippen LogP contribution in [0.3, 0.4) is 0 Å². The molecule has 6 nitrogen and oxygen atoms in total. The molecule has 2 aromatic heterocycles. The first-order valence-corrected chi connectivity index (χ1v) is 6.52. The summed E-state index contributed by atoms with van der Waals surface area (Å²) in [5.41, 5.74) is 0.630. The van der Waals surface area contributed by atoms with Crippen molar-refractivity contribution < 1.29 is 9.90 Å². The molecule has 1 saturated heterocycles. The van der Waals surface area contributed by atoms with Crippen molar-refractivity contribution in [2.24, 2.45) is 5.92 Å². The summed E-state index contributed by atoms with van der Waals surface area (Å²) in [6.07, 6.45) is 4.95. The normalized spacial score (nSPS) is 16.8. The van der Waals surface area contributed by atoms with Gasteiger partial charge in [0.1, 0.15) is 11.4 Å². The molecule has 0 saturated carbocycles. The Labute approximate surface area is 110 Å². The van der Waals surface area contributed by atoms with Crippen molar-refractivity contribution >= 4 is 11.6 Å². The van der Waals surface area contributed by atoms with E-state index in [4.69, 9.17) is 5.11 Å². The molecule has 1 fully saturated rings. The quantitative estimate of drug-likeness (QED) is 0.859. The van der Waals surface area contributed by atoms with Crippen LogP contribution in [0.2, 0.25) is 0 Å². The molecule has 6 heteroatoms. The van der Waals surface area contributed by atoms with Crippen molar-refractivity contribution in [3.8, 4) is 0 Å². The monoisotopic (exact) mass is 260 g/mol. The highest BCUT2D eigenvalue weighted by atomic mass is 16.4. The van der Waals surface area contributed by atoms with Crippen LogP contribution < -0.4 is 5.32 Å². The molecule has 0 atom stereocenters. The Balaban J connectivity index is 1.92. The smallest absolute Gasteiger partial charge is 0.339 e. The third kappa shape index (κ3) is 2.31. The Kier molecular flexibility index (Phi) is 3.16. The molecule has 2 aromatic rings. The van der Waals surface area contributed by atoms with E-state index in [-0.39, 0.29) is 5.56 Å². The molecule has 0 aromatic carbocycles. The van der Waals surface area contributed by atoms with E-state index in [0.717, 1.165) is 38.2 Å². The van der Waals surface area contributed by atoms with Crippen LogP contribution in [0, 0.1) is 5.92 Å². The van der Waals surface area contributed by atoms with Crippen molar-refractivity contribution in [1.29, 1.82) is 0 Å². The van der Waals surface area contributed by atoms with Crippen LogP contribution in [-0.4, -0.2) is 38.8 Å². The number of nitrogens with one attached hydrogen (secondary N) is 1. The van der Waals surface area contributed by atoms with Crippen molar-refractivity contribution in [3.63, 3.8) is 0 Å². The SMILES string of the molecule is O=C(O)c1cccn2c(CC3CCNCC3)nnc12. The maximum absolute atomic E-state index is 11.1. The summed E-state index contributed by atoms with van der Waals surface area (Å²) in [6.45, 7) is 2.09. The largest absolute Gasteiger partial charge is 0.478 e. The van der Waals surface area contributed by atoms with Gasteiger partial charge in [0.25, 0.3) is 0 Å². The van der Waals surface area contributed by atoms with E-state index in [2.05, 4.69) is 15.5 Å². The number of aromatic carboxylic acids is 1. The molecule has 0 bridgehead atoms. The summed E-state index contributed by atoms with van der Waals surface area (Å²) >= 11 is 0. The number of piperidine rings is 1. The molecule has 1 aliphatic heterocycles. The van der Waals surface area contributed by atoms with Gasteiger partial charge < -0.3 is 10.4 Å². The number of carbonyl (C=O) groups is 1. The summed E-state index contributed by atoms with van der Waals surface area (Å²) in [6, 6.07) is 3.28. The zero-order valence-electron chi connectivity index (χ0n) is 10.5. The van der Waals surface area contributed by atoms with Crippen LogP contribution in [0.4, 0.5) is 0 Å². The predicted molar refractivity (Wildman–Crippen MR) is 69.2 cm³/mol. The number of fused-ring (bicyclic) bond motifs is 1. The van der Waals surface area contributed by atoms with Crippen LogP contribution >= 0.6 is 0 Å². The average Bonchev–Trinajstić information content (AvgIpc) is 2.83. The maximum atomic E-state index is 11.1. The van der Waals surface area contributed by atoms with E-state index < -0.39 is 5.97 Å². The Bertz CT molecular complexity index is 602. The number of pyridine rings is 1. The minimum absolute atomic E-state index is 0.201. The lowest BCUT2D eigenvalue weighted by Crippen LogP contribution is -2.29. The van der Waals surface area contributed by atoms with Crippen molar-refractivity contribution in [3.05, 3.63) is 29.7 Å². The molecule has 1 aliphatic rings. The number of carboxylic acid groups (broad SMARTS) is 1. The van der Waals surface area contributed by atoms with Gasteiger partial charge >= 0.3 is 5.97 Å². The first-order valence-electron chi connectivity index (χ1n) is 6.52. The molecule has 0 unspecified atom stereocenters. The summed E-state index contributed by atoms with van der Waals surface area (Å²) in [5, 5.41) is 20.6. The molecule has 2 N–H and O–H groups in total. The maximum Gasteiger partial charge on any atom is 0.339 e. The predicted octanol–water partition coefficient (Wildman–Crippen LogP) is 0.970. The van der Waals surface area contributed by atoms with E-state index >= 15 is 0 Å². The highest BCUT2D eigenvalue weighted by Gasteiger charge is 2.18. The van der Waals surface area contributed by atoms with Gasteiger partial charge in [-0.15, -0.1) is 10.2 Å². The van der Waals surface area contributed by atoms with Gasteiger partial charge in [0.05, 0.1) is 0 Å². The zero-order valence-corrected chi connectivity index (χ0v) is 10.5. The van der Waals surface area contributed by atoms with Crippen LogP contribution in [0.5, 0.6) is 0 Å². The number of carboxylic acids is 1. The van der Waals surface area contributed by atoms with Gasteiger partial charge in [-0.25, -0.2) is 4.79 Å². The van der Waals surface area contributed by atoms with Crippen molar-refractivity contribution in [2.75, 3.05) is 13.1 Å². The Morgan fingerprint density at radius 2 is 2.21 bits per heavy atom. The molecule has 19 heavy (non-hydrogen) atoms. The fourth-order valence-corrected chi connectivity index (χ4v) is 2.61. The van der Waals surface area contributed by atoms with Gasteiger partial charge in [-0.05, 0) is 44.0 Å². The fourth-order valence-electron chi connectivity index (χ4n) is 2.61. The third-order valence-corrected chi connectivity index (χ3v) is 3.67. The summed E-state index contributed by atoms with van der Waals surface area (Å²) in [4.78, 5) is 11.1. The van der Waals surface area contributed by atoms with Gasteiger partial charge in [-0.2, -0.15) is 0 Å². The third-order valence-electron chi connectivity index (χ3n) is 3.67. The number of hydrogen-bond donors (Lipinski definition) is 2. The van der Waals surface area contributed by atoms with Crippen molar-refractivity contribution in [2.45, 2.75) is 19.3 Å². The van der Waals surface area contributed by atoms with Gasteiger partial charge in [0, 0.05) is 12.6 Å². The second-order valence-electron chi connectivity index (χ2n) is 4.93. The molecule has 3 rings (SSSR count). The highest BCUT2D eigenvalue weighted by Crippen LogP contribution is 2.18. The van der Waals surface area contributed by atoms with E-state index in [1.165, 1.54) is 0 Å². The Morgan fingerprint density at radius 1 is 1.42 bits per heavy atom. The zero-order chi connectivity index (χ0) is 13.2. The van der Waals surface area contributed by atoms with E-state index in [0.29, 0.717) is 11.6 Å². The molecule has 3 heterocycles. The Hall–Kier alpha value is -1.95. The van der Waals surface area contributed by atoms with Crippen molar-refractivity contribution in [1.82, 2.24) is 19.9 Å². The molecule has 0 aliphatic carbocycles. The summed E-state index contributed by atoms with van der Waals surface area (Å²) < 4.78 is 1.80. The molecular weight excluding hydrogens is 244 g/mol. The van der Waals surface area contributed by atoms with Gasteiger partial charge in [0.2, 0.25) is 0 Å². The standard InChI is InChI=1S/C13H16N4O2/c18-13(19)10-2-1-7-17-11(15-16-12(10)17)8-9-3-5-14-6-4-9/h1-2,7,9,14H,3-6,8H2,(H,18,19). The van der Waals surface area contributed by atoms with Crippen LogP contribution in [0.15, 0.2) is 18.3 Å². The first kappa shape index (κ1) is 12.1. The second-order valence-corrected chi connectivity index (χ2v) is 4.93. The number of aromatic nitrogens is 3. The molecular formula is C13H16N4O2. The summed E-state index contributed by atoms with van der Waals surface area (Å²) in [7, 11) is 0. The average molecular weight is 260 g/mol. The van der Waals surface area contributed by atoms with Gasteiger partial charge in [-0.1, -0.05) is 0 Å². The summed E-state index contributed by atoms with van der Waals surface area (Å²) in [5.74, 6) is 0.485. The highest BCUT2D eigenvalue weighted by molar-refractivity contribution is 5.94. The van der Waals surface area contributed by atoms with Gasteiger partial charge in [-0.3, -0.25) is 4.40 Å². The number of hydrogen-bond acceptors (Lipinski definition) is 4. The number of nitrogens with zero attached hydrogens (tertiary/aromatic N) is 3. The minimum atomic E-state index is -0.966. The fraction of sp³-hybridized carbons (Fsp3) is 0.462. The molecule has 100 valence electrons. The topological polar surface area (TPSA) is 79.5 Å². The van der Waals surface area contributed by atoms with Crippen LogP contribution in [0.1, 0.15) is 29.0 Å². The van der Waals surface area contributed by atoms with E-state index in [1.54, 1.807) is 16.5 Å². The molecule has 0 amide bonds. The lowest BCUT2D eigenvalue weighted by molar-refractivity contribution is 0.0698. The van der Waals surface area contributed by atoms with E-state index in [1.807, 2.05) is 6.20 Å². The minimum Gasteiger partial charge on any atom is -0.478 e. The Morgan fingerprint density at radius 3 is 2.95 bits per heavy atom. The molecule has 0 radical (unpaired) electrons. The van der Waals surface area contributed by atoms with Crippen LogP contribution in [0.25, 0.3) is 5.65 Å². The lowest BCUT2D eigenvalue weighted by atomic mass is 9.94. The van der Waals surface area contributed by atoms with Gasteiger partial charge in [0.15, 0.2) is 5.65 Å². The lowest BCUT2D eigenvalue weighted by Gasteiger charge is -2.21. The molecule has 0 spiro atoms. The second kappa shape index (κ2) is 4.97. The van der Waals surface area contributed by atoms with Crippen LogP contribution in [-0.2, 0) is 6.42 Å². The van der Waals surface area contributed by atoms with E-state index in [9.17, 15) is 4.79 Å². The number of rotatable bonds is 3.